The predicted octanol–water partition coefficient (Wildman–Crippen LogP) is 16.4. The third-order valence-electron chi connectivity index (χ3n) is 11.3. The number of phosphoric acid groups is 1. The monoisotopic (exact) mass is 996 g/mol. The lowest BCUT2D eigenvalue weighted by molar-refractivity contribution is -0.870. The highest BCUT2D eigenvalue weighted by atomic mass is 31.2. The van der Waals surface area contributed by atoms with Gasteiger partial charge in [0.15, 0.2) is 6.10 Å². The predicted molar refractivity (Wildman–Crippen MR) is 295 cm³/mol. The van der Waals surface area contributed by atoms with Crippen molar-refractivity contribution in [2.24, 2.45) is 0 Å². The van der Waals surface area contributed by atoms with E-state index in [-0.39, 0.29) is 26.1 Å². The molecule has 0 aromatic carbocycles. The van der Waals surface area contributed by atoms with Gasteiger partial charge in [0.25, 0.3) is 7.82 Å². The molecule has 0 aliphatic rings. The molecule has 0 saturated carbocycles. The van der Waals surface area contributed by atoms with Gasteiger partial charge in [-0.3, -0.25) is 14.2 Å². The Morgan fingerprint density at radius 1 is 0.457 bits per heavy atom. The largest absolute Gasteiger partial charge is 0.756 e. The fourth-order valence-corrected chi connectivity index (χ4v) is 7.73. The molecule has 0 bridgehead atoms. The van der Waals surface area contributed by atoms with Gasteiger partial charge >= 0.3 is 11.9 Å². The molecule has 0 aromatic rings. The second-order valence-corrected chi connectivity index (χ2v) is 20.6. The molecule has 400 valence electrons. The Balaban J connectivity index is 4.11. The van der Waals surface area contributed by atoms with E-state index in [4.69, 9.17) is 18.5 Å². The lowest BCUT2D eigenvalue weighted by Gasteiger charge is -2.28. The zero-order chi connectivity index (χ0) is 51.3. The second kappa shape index (κ2) is 50.6. The van der Waals surface area contributed by atoms with Crippen LogP contribution in [0, 0.1) is 0 Å². The molecule has 0 fully saturated rings. The highest BCUT2D eigenvalue weighted by Crippen LogP contribution is 2.38. The quantitative estimate of drug-likeness (QED) is 0.0195. The third-order valence-corrected chi connectivity index (χ3v) is 12.2. The lowest BCUT2D eigenvalue weighted by Crippen LogP contribution is -2.37. The minimum absolute atomic E-state index is 0.0377. The van der Waals surface area contributed by atoms with Crippen LogP contribution in [0.2, 0.25) is 0 Å². The average Bonchev–Trinajstić information content (AvgIpc) is 3.32. The maximum absolute atomic E-state index is 12.7. The van der Waals surface area contributed by atoms with Crippen LogP contribution in [0.3, 0.4) is 0 Å². The Kier molecular flexibility index (Phi) is 48.2. The smallest absolute Gasteiger partial charge is 0.306 e. The van der Waals surface area contributed by atoms with E-state index in [0.717, 1.165) is 116 Å². The molecular weight excluding hydrogens is 894 g/mol. The Morgan fingerprint density at radius 2 is 0.814 bits per heavy atom. The molecule has 0 heterocycles. The van der Waals surface area contributed by atoms with Crippen molar-refractivity contribution in [1.82, 2.24) is 0 Å². The minimum atomic E-state index is -4.64. The number of quaternary nitrogens is 1. The van der Waals surface area contributed by atoms with Crippen molar-refractivity contribution in [3.05, 3.63) is 109 Å². The summed E-state index contributed by atoms with van der Waals surface area (Å²) in [7, 11) is 1.14. The van der Waals surface area contributed by atoms with E-state index in [2.05, 4.69) is 123 Å². The van der Waals surface area contributed by atoms with Crippen LogP contribution >= 0.6 is 7.82 Å². The molecule has 0 saturated heterocycles. The van der Waals surface area contributed by atoms with Crippen molar-refractivity contribution in [3.8, 4) is 0 Å². The maximum atomic E-state index is 12.7. The molecule has 10 heteroatoms. The second-order valence-electron chi connectivity index (χ2n) is 19.2. The zero-order valence-electron chi connectivity index (χ0n) is 45.2. The molecule has 0 aliphatic carbocycles. The van der Waals surface area contributed by atoms with E-state index in [1.165, 1.54) is 51.4 Å². The molecule has 9 nitrogen and oxygen atoms in total. The number of hydrogen-bond donors (Lipinski definition) is 0. The molecule has 2 atom stereocenters. The number of rotatable bonds is 49. The molecule has 0 amide bonds. The topological polar surface area (TPSA) is 111 Å². The van der Waals surface area contributed by atoms with Crippen molar-refractivity contribution in [2.45, 2.75) is 213 Å². The molecule has 0 spiro atoms. The van der Waals surface area contributed by atoms with Crippen LogP contribution in [0.25, 0.3) is 0 Å². The normalized spacial score (nSPS) is 14.2. The summed E-state index contributed by atoms with van der Waals surface area (Å²) < 4.78 is 34.0. The van der Waals surface area contributed by atoms with Gasteiger partial charge in [-0.25, -0.2) is 0 Å². The van der Waals surface area contributed by atoms with Crippen molar-refractivity contribution >= 4 is 19.8 Å². The van der Waals surface area contributed by atoms with Crippen LogP contribution < -0.4 is 4.89 Å². The van der Waals surface area contributed by atoms with Gasteiger partial charge in [0.2, 0.25) is 0 Å². The number of hydrogen-bond acceptors (Lipinski definition) is 8. The molecule has 2 unspecified atom stereocenters. The van der Waals surface area contributed by atoms with Gasteiger partial charge in [0, 0.05) is 12.8 Å². The highest BCUT2D eigenvalue weighted by Gasteiger charge is 2.21. The number of unbranched alkanes of at least 4 members (excludes halogenated alkanes) is 17. The molecule has 0 rings (SSSR count). The maximum Gasteiger partial charge on any atom is 0.306 e. The van der Waals surface area contributed by atoms with Crippen LogP contribution in [0.4, 0.5) is 0 Å². The number of phosphoric ester groups is 1. The van der Waals surface area contributed by atoms with Gasteiger partial charge in [-0.2, -0.15) is 0 Å². The number of allylic oxidation sites excluding steroid dienone is 18. The first-order valence-electron chi connectivity index (χ1n) is 27.6. The Hall–Kier alpha value is -3.33. The first-order valence-corrected chi connectivity index (χ1v) is 29.1. The first-order chi connectivity index (χ1) is 34.0. The van der Waals surface area contributed by atoms with Crippen molar-refractivity contribution in [3.63, 3.8) is 0 Å². The molecule has 0 aliphatic heterocycles. The fourth-order valence-electron chi connectivity index (χ4n) is 7.00. The van der Waals surface area contributed by atoms with Gasteiger partial charge in [0.1, 0.15) is 19.8 Å². The lowest BCUT2D eigenvalue weighted by atomic mass is 10.0. The van der Waals surface area contributed by atoms with Crippen molar-refractivity contribution in [1.29, 1.82) is 0 Å². The van der Waals surface area contributed by atoms with Crippen LogP contribution in [0.5, 0.6) is 0 Å². The summed E-state index contributed by atoms with van der Waals surface area (Å²) in [5.41, 5.74) is 0. The van der Waals surface area contributed by atoms with Gasteiger partial charge < -0.3 is 27.9 Å². The standard InChI is InChI=1S/C60H102NO8P/c1-6-8-10-12-14-16-18-19-20-21-22-23-24-25-26-27-28-29-30-31-32-33-34-35-36-37-38-39-40-41-43-45-47-49-51-53-60(63)69-58(57-68-70(64,65)67-55-54-61(3,4)5)56-66-59(62)52-50-48-46-44-42-17-15-13-11-9-7-2/h8,10,13-16,19-20,22-23,25-26,28-29,31-32,34-35,58H,6-7,9,11-12,17-18,21,24,27,30,33,36-57H2,1-5H3/b10-8-,15-13-,16-14-,20-19-,23-22-,26-25-,29-28-,32-31-,35-34-. The van der Waals surface area contributed by atoms with Crippen molar-refractivity contribution in [2.75, 3.05) is 47.5 Å². The fraction of sp³-hybridized carbons (Fsp3) is 0.667. The highest BCUT2D eigenvalue weighted by molar-refractivity contribution is 7.45. The molecule has 70 heavy (non-hydrogen) atoms. The summed E-state index contributed by atoms with van der Waals surface area (Å²) >= 11 is 0. The van der Waals surface area contributed by atoms with Crippen molar-refractivity contribution < 1.29 is 42.1 Å². The SMILES string of the molecule is CC/C=C\C/C=C\C/C=C\C/C=C\C/C=C\C/C=C\C/C=C\C/C=C\CCCCCCCCCCCCC(=O)OC(COC(=O)CCCCCCC/C=C\CCCC)COP(=O)([O-])OCC[N+](C)(C)C. The Labute approximate surface area is 429 Å². The Bertz CT molecular complexity index is 1550. The van der Waals surface area contributed by atoms with Gasteiger partial charge in [0.05, 0.1) is 27.7 Å². The van der Waals surface area contributed by atoms with Crippen LogP contribution in [-0.2, 0) is 32.7 Å². The van der Waals surface area contributed by atoms with E-state index >= 15 is 0 Å². The summed E-state index contributed by atoms with van der Waals surface area (Å²) in [6, 6.07) is 0. The third kappa shape index (κ3) is 54.0. The number of ether oxygens (including phenoxy) is 2. The zero-order valence-corrected chi connectivity index (χ0v) is 46.1. The molecule has 0 N–H and O–H groups in total. The summed E-state index contributed by atoms with van der Waals surface area (Å²) in [6.45, 7) is 4.05. The summed E-state index contributed by atoms with van der Waals surface area (Å²) in [5, 5.41) is 0. The number of nitrogens with zero attached hydrogens (tertiary/aromatic N) is 1. The van der Waals surface area contributed by atoms with E-state index in [9.17, 15) is 19.0 Å². The summed E-state index contributed by atoms with van der Waals surface area (Å²) in [4.78, 5) is 37.7. The average molecular weight is 996 g/mol. The first kappa shape index (κ1) is 66.7. The number of carbonyl (C=O) groups excluding carboxylic acids is 2. The number of esters is 2. The van der Waals surface area contributed by atoms with Gasteiger partial charge in [-0.15, -0.1) is 0 Å². The molecule has 0 aromatic heterocycles. The van der Waals surface area contributed by atoms with Gasteiger partial charge in [-0.05, 0) is 96.3 Å². The molecule has 0 radical (unpaired) electrons. The van der Waals surface area contributed by atoms with Crippen LogP contribution in [0.15, 0.2) is 109 Å². The van der Waals surface area contributed by atoms with E-state index in [1.54, 1.807) is 0 Å². The number of likely N-dealkylation sites (N-methyl/N-ethyl adjacent to an activating group) is 1. The van der Waals surface area contributed by atoms with Crippen LogP contribution in [-0.4, -0.2) is 70.0 Å². The van der Waals surface area contributed by atoms with Crippen LogP contribution in [0.1, 0.15) is 206 Å². The van der Waals surface area contributed by atoms with E-state index in [0.29, 0.717) is 23.9 Å². The number of carbonyl (C=O) groups is 2. The summed E-state index contributed by atoms with van der Waals surface area (Å²) in [5.74, 6) is -0.857. The molecular formula is C60H102NO8P. The van der Waals surface area contributed by atoms with E-state index < -0.39 is 32.5 Å². The van der Waals surface area contributed by atoms with Gasteiger partial charge in [-0.1, -0.05) is 207 Å². The minimum Gasteiger partial charge on any atom is -0.756 e. The van der Waals surface area contributed by atoms with E-state index in [1.807, 2.05) is 21.1 Å². The summed E-state index contributed by atoms with van der Waals surface area (Å²) in [6.07, 6.45) is 70.0. The Morgan fingerprint density at radius 3 is 1.23 bits per heavy atom.